The molecule has 18 heavy (non-hydrogen) atoms. The molecule has 0 amide bonds. The average Bonchev–Trinajstić information content (AvgIpc) is 2.83. The second-order valence-corrected chi connectivity index (χ2v) is 3.89. The van der Waals surface area contributed by atoms with Crippen molar-refractivity contribution in [2.75, 3.05) is 12.8 Å². The zero-order valence-corrected chi connectivity index (χ0v) is 10.2. The third kappa shape index (κ3) is 2.68. The fraction of sp³-hybridized carbons (Fsp3) is 0.231. The van der Waals surface area contributed by atoms with E-state index in [1.54, 1.807) is 19.4 Å². The van der Waals surface area contributed by atoms with Gasteiger partial charge in [-0.2, -0.15) is 0 Å². The highest BCUT2D eigenvalue weighted by molar-refractivity contribution is 5.78. The van der Waals surface area contributed by atoms with Gasteiger partial charge in [0.1, 0.15) is 11.6 Å². The predicted molar refractivity (Wildman–Crippen MR) is 68.6 cm³/mol. The number of nitrogen functional groups attached to an aromatic ring is 1. The standard InChI is InChI=1S/C13H15N3O2/c1-18-11-5-3-2-4-10(11)6-7-13(17)16-9-8-12(14)15-16/h2-5,8-9H,6-7H2,1H3,(H2,14,15). The van der Waals surface area contributed by atoms with E-state index in [0.29, 0.717) is 18.7 Å². The van der Waals surface area contributed by atoms with E-state index in [1.165, 1.54) is 4.68 Å². The summed E-state index contributed by atoms with van der Waals surface area (Å²) in [5.74, 6) is 1.06. The Hall–Kier alpha value is -2.30. The fourth-order valence-corrected chi connectivity index (χ4v) is 1.74. The Kier molecular flexibility index (Phi) is 3.62. The van der Waals surface area contributed by atoms with Gasteiger partial charge in [0.25, 0.3) is 0 Å². The monoisotopic (exact) mass is 245 g/mol. The summed E-state index contributed by atoms with van der Waals surface area (Å²) in [4.78, 5) is 11.8. The molecule has 0 radical (unpaired) electrons. The first-order valence-electron chi connectivity index (χ1n) is 5.67. The molecule has 0 bridgehead atoms. The summed E-state index contributed by atoms with van der Waals surface area (Å²) in [7, 11) is 1.62. The van der Waals surface area contributed by atoms with E-state index in [-0.39, 0.29) is 5.91 Å². The van der Waals surface area contributed by atoms with Crippen LogP contribution in [0.5, 0.6) is 5.75 Å². The predicted octanol–water partition coefficient (Wildman–Crippen LogP) is 1.75. The Morgan fingerprint density at radius 1 is 1.39 bits per heavy atom. The number of para-hydroxylation sites is 1. The zero-order valence-electron chi connectivity index (χ0n) is 10.2. The molecule has 0 saturated carbocycles. The maximum atomic E-state index is 11.8. The van der Waals surface area contributed by atoms with Crippen molar-refractivity contribution < 1.29 is 9.53 Å². The van der Waals surface area contributed by atoms with E-state index < -0.39 is 0 Å². The Balaban J connectivity index is 2.01. The van der Waals surface area contributed by atoms with Crippen molar-refractivity contribution in [3.8, 4) is 5.75 Å². The van der Waals surface area contributed by atoms with Gasteiger partial charge >= 0.3 is 0 Å². The van der Waals surface area contributed by atoms with Crippen molar-refractivity contribution in [3.63, 3.8) is 0 Å². The second kappa shape index (κ2) is 5.35. The van der Waals surface area contributed by atoms with Gasteiger partial charge < -0.3 is 10.5 Å². The van der Waals surface area contributed by atoms with Gasteiger partial charge in [0.15, 0.2) is 0 Å². The van der Waals surface area contributed by atoms with Crippen LogP contribution < -0.4 is 10.5 Å². The van der Waals surface area contributed by atoms with Crippen molar-refractivity contribution in [1.82, 2.24) is 9.78 Å². The number of aromatic nitrogens is 2. The average molecular weight is 245 g/mol. The minimum atomic E-state index is -0.0855. The molecule has 0 aliphatic carbocycles. The first kappa shape index (κ1) is 12.2. The third-order valence-corrected chi connectivity index (χ3v) is 2.67. The number of carbonyl (C=O) groups is 1. The Morgan fingerprint density at radius 2 is 2.17 bits per heavy atom. The van der Waals surface area contributed by atoms with Crippen LogP contribution in [0.3, 0.4) is 0 Å². The minimum absolute atomic E-state index is 0.0855. The highest BCUT2D eigenvalue weighted by Crippen LogP contribution is 2.19. The number of hydrogen-bond acceptors (Lipinski definition) is 4. The maximum absolute atomic E-state index is 11.8. The Bertz CT molecular complexity index is 549. The van der Waals surface area contributed by atoms with Crippen LogP contribution in [0.4, 0.5) is 5.82 Å². The molecule has 2 aromatic rings. The van der Waals surface area contributed by atoms with Gasteiger partial charge in [0, 0.05) is 18.7 Å². The number of anilines is 1. The molecule has 5 nitrogen and oxygen atoms in total. The number of aryl methyl sites for hydroxylation is 1. The van der Waals surface area contributed by atoms with Crippen LogP contribution in [0.2, 0.25) is 0 Å². The van der Waals surface area contributed by atoms with Crippen LogP contribution in [0.25, 0.3) is 0 Å². The van der Waals surface area contributed by atoms with Gasteiger partial charge in [-0.15, -0.1) is 5.10 Å². The summed E-state index contributed by atoms with van der Waals surface area (Å²) in [5.41, 5.74) is 6.47. The fourth-order valence-electron chi connectivity index (χ4n) is 1.74. The summed E-state index contributed by atoms with van der Waals surface area (Å²) in [6.45, 7) is 0. The molecule has 0 aliphatic heterocycles. The number of ether oxygens (including phenoxy) is 1. The number of nitrogens with zero attached hydrogens (tertiary/aromatic N) is 2. The molecule has 1 heterocycles. The smallest absolute Gasteiger partial charge is 0.247 e. The lowest BCUT2D eigenvalue weighted by Crippen LogP contribution is -2.12. The van der Waals surface area contributed by atoms with E-state index in [0.717, 1.165) is 11.3 Å². The first-order chi connectivity index (χ1) is 8.70. The van der Waals surface area contributed by atoms with E-state index in [1.807, 2.05) is 24.3 Å². The summed E-state index contributed by atoms with van der Waals surface area (Å²) in [5, 5.41) is 3.88. The number of benzene rings is 1. The lowest BCUT2D eigenvalue weighted by molar-refractivity contribution is 0.0887. The lowest BCUT2D eigenvalue weighted by atomic mass is 10.1. The van der Waals surface area contributed by atoms with E-state index in [2.05, 4.69) is 5.10 Å². The quantitative estimate of drug-likeness (QED) is 0.890. The minimum Gasteiger partial charge on any atom is -0.496 e. The van der Waals surface area contributed by atoms with Crippen LogP contribution >= 0.6 is 0 Å². The SMILES string of the molecule is COc1ccccc1CCC(=O)n1ccc(N)n1. The normalized spacial score (nSPS) is 10.3. The molecule has 2 N–H and O–H groups in total. The third-order valence-electron chi connectivity index (χ3n) is 2.67. The maximum Gasteiger partial charge on any atom is 0.247 e. The molecule has 0 aliphatic rings. The largest absolute Gasteiger partial charge is 0.496 e. The molecular weight excluding hydrogens is 230 g/mol. The molecule has 94 valence electrons. The van der Waals surface area contributed by atoms with Crippen LogP contribution in [0.15, 0.2) is 36.5 Å². The second-order valence-electron chi connectivity index (χ2n) is 3.89. The van der Waals surface area contributed by atoms with Crippen molar-refractivity contribution in [2.45, 2.75) is 12.8 Å². The lowest BCUT2D eigenvalue weighted by Gasteiger charge is -2.07. The topological polar surface area (TPSA) is 70.1 Å². The van der Waals surface area contributed by atoms with Gasteiger partial charge in [-0.3, -0.25) is 4.79 Å². The highest BCUT2D eigenvalue weighted by Gasteiger charge is 2.08. The molecule has 5 heteroatoms. The Morgan fingerprint density at radius 3 is 2.83 bits per heavy atom. The van der Waals surface area contributed by atoms with Gasteiger partial charge in [-0.25, -0.2) is 4.68 Å². The van der Waals surface area contributed by atoms with E-state index >= 15 is 0 Å². The summed E-state index contributed by atoms with van der Waals surface area (Å²) in [6.07, 6.45) is 2.55. The molecule has 2 rings (SSSR count). The highest BCUT2D eigenvalue weighted by atomic mass is 16.5. The Labute approximate surface area is 105 Å². The molecule has 0 atom stereocenters. The molecule has 1 aromatic carbocycles. The molecule has 0 fully saturated rings. The number of carbonyl (C=O) groups excluding carboxylic acids is 1. The van der Waals surface area contributed by atoms with Gasteiger partial charge in [-0.05, 0) is 18.1 Å². The van der Waals surface area contributed by atoms with Gasteiger partial charge in [0.2, 0.25) is 5.91 Å². The molecule has 0 saturated heterocycles. The molecule has 0 spiro atoms. The van der Waals surface area contributed by atoms with Crippen molar-refractivity contribution in [2.24, 2.45) is 0 Å². The van der Waals surface area contributed by atoms with E-state index in [9.17, 15) is 4.79 Å². The van der Waals surface area contributed by atoms with E-state index in [4.69, 9.17) is 10.5 Å². The zero-order chi connectivity index (χ0) is 13.0. The molecular formula is C13H15N3O2. The van der Waals surface area contributed by atoms with Crippen molar-refractivity contribution >= 4 is 11.7 Å². The van der Waals surface area contributed by atoms with Gasteiger partial charge in [0.05, 0.1) is 7.11 Å². The van der Waals surface area contributed by atoms with Crippen molar-refractivity contribution in [1.29, 1.82) is 0 Å². The first-order valence-corrected chi connectivity index (χ1v) is 5.67. The van der Waals surface area contributed by atoms with Crippen LogP contribution in [0.1, 0.15) is 16.8 Å². The van der Waals surface area contributed by atoms with Crippen LogP contribution in [0, 0.1) is 0 Å². The van der Waals surface area contributed by atoms with Crippen LogP contribution in [-0.4, -0.2) is 22.8 Å². The molecule has 0 unspecified atom stereocenters. The van der Waals surface area contributed by atoms with Crippen molar-refractivity contribution in [3.05, 3.63) is 42.1 Å². The molecule has 1 aromatic heterocycles. The number of hydrogen-bond donors (Lipinski definition) is 1. The summed E-state index contributed by atoms with van der Waals surface area (Å²) < 4.78 is 6.50. The number of rotatable bonds is 4. The number of methoxy groups -OCH3 is 1. The van der Waals surface area contributed by atoms with Gasteiger partial charge in [-0.1, -0.05) is 18.2 Å². The summed E-state index contributed by atoms with van der Waals surface area (Å²) >= 11 is 0. The number of nitrogens with two attached hydrogens (primary N) is 1. The van der Waals surface area contributed by atoms with Crippen LogP contribution in [-0.2, 0) is 6.42 Å². The summed E-state index contributed by atoms with van der Waals surface area (Å²) in [6, 6.07) is 9.25.